The van der Waals surface area contributed by atoms with Gasteiger partial charge in [0.15, 0.2) is 0 Å². The molecule has 0 aliphatic rings. The van der Waals surface area contributed by atoms with Gasteiger partial charge in [0.05, 0.1) is 13.8 Å². The summed E-state index contributed by atoms with van der Waals surface area (Å²) >= 11 is 8.93. The first-order valence-electron chi connectivity index (χ1n) is 6.25. The Kier molecular flexibility index (Phi) is 5.62. The Bertz CT molecular complexity index is 536. The molecule has 6 heteroatoms. The molecule has 0 bridgehead atoms. The molecule has 3 nitrogen and oxygen atoms in total. The van der Waals surface area contributed by atoms with Gasteiger partial charge in [-0.1, -0.05) is 6.92 Å². The van der Waals surface area contributed by atoms with Crippen molar-refractivity contribution in [1.29, 1.82) is 0 Å². The van der Waals surface area contributed by atoms with Gasteiger partial charge in [-0.25, -0.2) is 0 Å². The van der Waals surface area contributed by atoms with Crippen molar-refractivity contribution in [3.05, 3.63) is 37.2 Å². The van der Waals surface area contributed by atoms with Crippen LogP contribution in [0.1, 0.15) is 30.5 Å². The minimum Gasteiger partial charge on any atom is -0.310 e. The second-order valence-electron chi connectivity index (χ2n) is 4.45. The number of halogens is 2. The van der Waals surface area contributed by atoms with Crippen LogP contribution in [-0.4, -0.2) is 16.3 Å². The van der Waals surface area contributed by atoms with E-state index in [0.29, 0.717) is 6.04 Å². The lowest BCUT2D eigenvalue weighted by atomic mass is 10.0. The standard InChI is InChI=1S/C13H17Br2N3S/c1-3-16-11(10-6-12(14)19-13(10)15)5-4-9-7-17-18(2)8-9/h6-8,11,16H,3-5H2,1-2H3. The molecule has 0 aliphatic carbocycles. The number of nitrogens with zero attached hydrogens (tertiary/aromatic N) is 2. The third-order valence-electron chi connectivity index (χ3n) is 2.99. The molecule has 0 aliphatic heterocycles. The zero-order valence-corrected chi connectivity index (χ0v) is 15.0. The van der Waals surface area contributed by atoms with Crippen LogP contribution >= 0.6 is 43.2 Å². The Labute approximate surface area is 134 Å². The highest BCUT2D eigenvalue weighted by molar-refractivity contribution is 9.12. The van der Waals surface area contributed by atoms with E-state index >= 15 is 0 Å². The number of nitrogens with one attached hydrogen (secondary N) is 1. The number of thiophene rings is 1. The van der Waals surface area contributed by atoms with Gasteiger partial charge in [-0.2, -0.15) is 5.10 Å². The summed E-state index contributed by atoms with van der Waals surface area (Å²) in [6, 6.07) is 2.58. The van der Waals surface area contributed by atoms with Crippen molar-refractivity contribution in [3.63, 3.8) is 0 Å². The highest BCUT2D eigenvalue weighted by Gasteiger charge is 2.16. The first kappa shape index (κ1) is 15.2. The molecule has 0 radical (unpaired) electrons. The highest BCUT2D eigenvalue weighted by atomic mass is 79.9. The SMILES string of the molecule is CCNC(CCc1cnn(C)c1)c1cc(Br)sc1Br. The topological polar surface area (TPSA) is 29.9 Å². The van der Waals surface area contributed by atoms with E-state index in [1.807, 2.05) is 17.9 Å². The van der Waals surface area contributed by atoms with Crippen LogP contribution in [0, 0.1) is 0 Å². The smallest absolute Gasteiger partial charge is 0.0758 e. The van der Waals surface area contributed by atoms with Crippen LogP contribution in [0.4, 0.5) is 0 Å². The van der Waals surface area contributed by atoms with E-state index in [0.717, 1.165) is 19.4 Å². The van der Waals surface area contributed by atoms with Crippen molar-refractivity contribution >= 4 is 43.2 Å². The van der Waals surface area contributed by atoms with Crippen LogP contribution in [0.15, 0.2) is 26.0 Å². The van der Waals surface area contributed by atoms with E-state index in [2.05, 4.69) is 61.5 Å². The molecule has 2 aromatic heterocycles. The van der Waals surface area contributed by atoms with Crippen LogP contribution in [0.2, 0.25) is 0 Å². The van der Waals surface area contributed by atoms with Crippen molar-refractivity contribution in [2.24, 2.45) is 7.05 Å². The minimum absolute atomic E-state index is 0.377. The lowest BCUT2D eigenvalue weighted by Gasteiger charge is -2.17. The second-order valence-corrected chi connectivity index (χ2v) is 8.20. The summed E-state index contributed by atoms with van der Waals surface area (Å²) in [5, 5.41) is 7.78. The summed E-state index contributed by atoms with van der Waals surface area (Å²) in [4.78, 5) is 0. The second kappa shape index (κ2) is 7.02. The largest absolute Gasteiger partial charge is 0.310 e. The lowest BCUT2D eigenvalue weighted by molar-refractivity contribution is 0.515. The van der Waals surface area contributed by atoms with E-state index in [-0.39, 0.29) is 0 Å². The van der Waals surface area contributed by atoms with Crippen molar-refractivity contribution in [3.8, 4) is 0 Å². The number of aromatic nitrogens is 2. The Hall–Kier alpha value is -0.170. The third kappa shape index (κ3) is 4.15. The molecule has 2 rings (SSSR count). The van der Waals surface area contributed by atoms with Crippen LogP contribution < -0.4 is 5.32 Å². The van der Waals surface area contributed by atoms with E-state index < -0.39 is 0 Å². The predicted molar refractivity (Wildman–Crippen MR) is 87.7 cm³/mol. The zero-order valence-electron chi connectivity index (χ0n) is 11.0. The molecule has 104 valence electrons. The molecule has 0 aromatic carbocycles. The van der Waals surface area contributed by atoms with Crippen LogP contribution in [0.25, 0.3) is 0 Å². The van der Waals surface area contributed by atoms with E-state index in [4.69, 9.17) is 0 Å². The molecule has 0 saturated heterocycles. The zero-order chi connectivity index (χ0) is 13.8. The average molecular weight is 407 g/mol. The fraction of sp³-hybridized carbons (Fsp3) is 0.462. The highest BCUT2D eigenvalue weighted by Crippen LogP contribution is 2.36. The Morgan fingerprint density at radius 3 is 2.79 bits per heavy atom. The van der Waals surface area contributed by atoms with Gasteiger partial charge in [0.25, 0.3) is 0 Å². The van der Waals surface area contributed by atoms with Crippen molar-refractivity contribution in [1.82, 2.24) is 15.1 Å². The molecule has 1 atom stereocenters. The fourth-order valence-electron chi connectivity index (χ4n) is 2.12. The number of rotatable bonds is 6. The number of aryl methyl sites for hydroxylation is 2. The molecule has 0 saturated carbocycles. The molecule has 1 N–H and O–H groups in total. The van der Waals surface area contributed by atoms with E-state index in [1.54, 1.807) is 11.3 Å². The summed E-state index contributed by atoms with van der Waals surface area (Å²) in [6.45, 7) is 3.12. The predicted octanol–water partition coefficient (Wildman–Crippen LogP) is 4.29. The molecular formula is C13H17Br2N3S. The quantitative estimate of drug-likeness (QED) is 0.775. The maximum Gasteiger partial charge on any atom is 0.0758 e. The first-order valence-corrected chi connectivity index (χ1v) is 8.66. The number of hydrogen-bond acceptors (Lipinski definition) is 3. The van der Waals surface area contributed by atoms with Gasteiger partial charge >= 0.3 is 0 Å². The van der Waals surface area contributed by atoms with Crippen molar-refractivity contribution < 1.29 is 0 Å². The van der Waals surface area contributed by atoms with Gasteiger partial charge in [-0.05, 0) is 68.4 Å². The molecule has 2 aromatic rings. The van der Waals surface area contributed by atoms with Crippen molar-refractivity contribution in [2.45, 2.75) is 25.8 Å². The molecule has 0 fully saturated rings. The molecular weight excluding hydrogens is 390 g/mol. The van der Waals surface area contributed by atoms with Gasteiger partial charge in [0, 0.05) is 19.3 Å². The van der Waals surface area contributed by atoms with Crippen LogP contribution in [-0.2, 0) is 13.5 Å². The Balaban J connectivity index is 2.05. The van der Waals surface area contributed by atoms with E-state index in [1.165, 1.54) is 18.7 Å². The normalized spacial score (nSPS) is 12.8. The summed E-state index contributed by atoms with van der Waals surface area (Å²) in [6.07, 6.45) is 6.13. The third-order valence-corrected chi connectivity index (χ3v) is 5.37. The molecule has 0 amide bonds. The molecule has 2 heterocycles. The lowest BCUT2D eigenvalue weighted by Crippen LogP contribution is -2.21. The van der Waals surface area contributed by atoms with Gasteiger partial charge in [-0.15, -0.1) is 11.3 Å². The Morgan fingerprint density at radius 1 is 1.47 bits per heavy atom. The van der Waals surface area contributed by atoms with Crippen LogP contribution in [0.3, 0.4) is 0 Å². The fourth-order valence-corrected chi connectivity index (χ4v) is 5.09. The summed E-state index contributed by atoms with van der Waals surface area (Å²) in [7, 11) is 1.96. The molecule has 0 spiro atoms. The van der Waals surface area contributed by atoms with Gasteiger partial charge < -0.3 is 5.32 Å². The number of hydrogen-bond donors (Lipinski definition) is 1. The maximum absolute atomic E-state index is 4.22. The minimum atomic E-state index is 0.377. The van der Waals surface area contributed by atoms with Gasteiger partial charge in [0.1, 0.15) is 0 Å². The van der Waals surface area contributed by atoms with Crippen molar-refractivity contribution in [2.75, 3.05) is 6.54 Å². The van der Waals surface area contributed by atoms with E-state index in [9.17, 15) is 0 Å². The summed E-state index contributed by atoms with van der Waals surface area (Å²) in [5.74, 6) is 0. The van der Waals surface area contributed by atoms with Gasteiger partial charge in [-0.3, -0.25) is 4.68 Å². The monoisotopic (exact) mass is 405 g/mol. The summed E-state index contributed by atoms with van der Waals surface area (Å²) < 4.78 is 4.23. The molecule has 1 unspecified atom stereocenters. The summed E-state index contributed by atoms with van der Waals surface area (Å²) in [5.41, 5.74) is 2.62. The molecule has 19 heavy (non-hydrogen) atoms. The average Bonchev–Trinajstić information content (AvgIpc) is 2.91. The first-order chi connectivity index (χ1) is 9.10. The Morgan fingerprint density at radius 2 is 2.26 bits per heavy atom. The van der Waals surface area contributed by atoms with Crippen LogP contribution in [0.5, 0.6) is 0 Å². The maximum atomic E-state index is 4.22. The van der Waals surface area contributed by atoms with Gasteiger partial charge in [0.2, 0.25) is 0 Å².